The lowest BCUT2D eigenvalue weighted by Gasteiger charge is -2.24. The zero-order valence-electron chi connectivity index (χ0n) is 27.6. The molecule has 0 aliphatic heterocycles. The monoisotopic (exact) mass is 676 g/mol. The number of halogens is 6. The van der Waals surface area contributed by atoms with E-state index in [0.29, 0.717) is 22.1 Å². The quantitative estimate of drug-likeness (QED) is 0.165. The summed E-state index contributed by atoms with van der Waals surface area (Å²) in [6, 6.07) is 29.5. The first-order valence-corrected chi connectivity index (χ1v) is 16.2. The molecule has 6 aromatic carbocycles. The summed E-state index contributed by atoms with van der Waals surface area (Å²) in [5, 5.41) is 3.16. The second kappa shape index (κ2) is 11.0. The number of rotatable bonds is 3. The van der Waals surface area contributed by atoms with E-state index in [0.717, 1.165) is 49.9 Å². The summed E-state index contributed by atoms with van der Waals surface area (Å²) in [6.45, 7) is 7.64. The van der Waals surface area contributed by atoms with Gasteiger partial charge in [-0.15, -0.1) is 0 Å². The highest BCUT2D eigenvalue weighted by Gasteiger charge is 2.41. The minimum atomic E-state index is -4.92. The average Bonchev–Trinajstić information content (AvgIpc) is 3.59. The molecule has 2 nitrogen and oxygen atoms in total. The van der Waals surface area contributed by atoms with Crippen molar-refractivity contribution in [3.05, 3.63) is 143 Å². The van der Waals surface area contributed by atoms with Gasteiger partial charge in [-0.2, -0.15) is 26.3 Å². The highest BCUT2D eigenvalue weighted by molar-refractivity contribution is 6.14. The molecule has 0 radical (unpaired) electrons. The summed E-state index contributed by atoms with van der Waals surface area (Å²) in [5.41, 5.74) is 3.03. The molecule has 0 saturated heterocycles. The third-order valence-electron chi connectivity index (χ3n) is 9.87. The Kier molecular flexibility index (Phi) is 6.99. The molecule has 0 saturated carbocycles. The van der Waals surface area contributed by atoms with Crippen LogP contribution < -0.4 is 0 Å². The number of hydrogen-bond donors (Lipinski definition) is 0. The SMILES string of the molecule is Cc1cccc2c1c1c(C)cccc1n2-c1cc(-c2ccccc2C(F)(F)F)cc(-n2c3cccc(C)c3c3c(C)cccc32)c1C(F)(F)F. The molecule has 0 fully saturated rings. The largest absolute Gasteiger partial charge is 0.420 e. The Bertz CT molecular complexity index is 2400. The van der Waals surface area contributed by atoms with Gasteiger partial charge in [0.2, 0.25) is 0 Å². The highest BCUT2D eigenvalue weighted by Crippen LogP contribution is 2.48. The first kappa shape index (κ1) is 31.7. The van der Waals surface area contributed by atoms with E-state index in [1.807, 2.05) is 52.0 Å². The van der Waals surface area contributed by atoms with Gasteiger partial charge in [0.25, 0.3) is 0 Å². The van der Waals surface area contributed by atoms with E-state index in [9.17, 15) is 13.2 Å². The second-order valence-corrected chi connectivity index (χ2v) is 13.0. The van der Waals surface area contributed by atoms with E-state index < -0.39 is 23.5 Å². The third-order valence-corrected chi connectivity index (χ3v) is 9.87. The molecule has 0 unspecified atom stereocenters. The van der Waals surface area contributed by atoms with Gasteiger partial charge < -0.3 is 9.13 Å². The second-order valence-electron chi connectivity index (χ2n) is 13.0. The fraction of sp³-hybridized carbons (Fsp3) is 0.143. The lowest BCUT2D eigenvalue weighted by molar-refractivity contribution is -0.138. The van der Waals surface area contributed by atoms with E-state index in [1.54, 1.807) is 57.7 Å². The molecular weight excluding hydrogens is 646 g/mol. The summed E-state index contributed by atoms with van der Waals surface area (Å²) in [4.78, 5) is 0. The summed E-state index contributed by atoms with van der Waals surface area (Å²) >= 11 is 0. The van der Waals surface area contributed by atoms with Crippen LogP contribution in [0.1, 0.15) is 33.4 Å². The van der Waals surface area contributed by atoms with Crippen molar-refractivity contribution in [2.45, 2.75) is 40.0 Å². The van der Waals surface area contributed by atoms with Crippen molar-refractivity contribution >= 4 is 43.6 Å². The van der Waals surface area contributed by atoms with Crippen molar-refractivity contribution in [2.75, 3.05) is 0 Å². The number of aryl methyl sites for hydroxylation is 4. The van der Waals surface area contributed by atoms with Crippen LogP contribution in [-0.2, 0) is 12.4 Å². The van der Waals surface area contributed by atoms with E-state index in [1.165, 1.54) is 30.3 Å². The molecule has 8 aromatic rings. The van der Waals surface area contributed by atoms with Crippen LogP contribution in [-0.4, -0.2) is 9.13 Å². The molecule has 0 N–H and O–H groups in total. The van der Waals surface area contributed by atoms with Crippen LogP contribution in [0.25, 0.3) is 66.1 Å². The maximum atomic E-state index is 16.0. The third kappa shape index (κ3) is 4.65. The molecule has 2 aromatic heterocycles. The van der Waals surface area contributed by atoms with Crippen molar-refractivity contribution in [3.8, 4) is 22.5 Å². The first-order valence-electron chi connectivity index (χ1n) is 16.2. The van der Waals surface area contributed by atoms with Crippen LogP contribution >= 0.6 is 0 Å². The fourth-order valence-electron chi connectivity index (χ4n) is 7.83. The number of fused-ring (bicyclic) bond motifs is 6. The molecule has 0 bridgehead atoms. The molecule has 0 atom stereocenters. The van der Waals surface area contributed by atoms with Crippen LogP contribution in [0.2, 0.25) is 0 Å². The molecule has 2 heterocycles. The number of hydrogen-bond acceptors (Lipinski definition) is 0. The number of nitrogens with zero attached hydrogens (tertiary/aromatic N) is 2. The van der Waals surface area contributed by atoms with E-state index in [-0.39, 0.29) is 22.5 Å². The van der Waals surface area contributed by atoms with Crippen LogP contribution in [0.3, 0.4) is 0 Å². The molecule has 0 aliphatic carbocycles. The Morgan fingerprint density at radius 1 is 0.420 bits per heavy atom. The van der Waals surface area contributed by atoms with Crippen molar-refractivity contribution < 1.29 is 26.3 Å². The molecule has 0 aliphatic rings. The van der Waals surface area contributed by atoms with Gasteiger partial charge in [0, 0.05) is 21.5 Å². The smallest absolute Gasteiger partial charge is 0.309 e. The number of alkyl halides is 6. The lowest BCUT2D eigenvalue weighted by atomic mass is 9.95. The maximum absolute atomic E-state index is 16.0. The van der Waals surface area contributed by atoms with Crippen LogP contribution in [0.15, 0.2) is 109 Å². The van der Waals surface area contributed by atoms with E-state index in [2.05, 4.69) is 0 Å². The Hall–Kier alpha value is -5.50. The van der Waals surface area contributed by atoms with Gasteiger partial charge in [0.05, 0.1) is 39.0 Å². The van der Waals surface area contributed by atoms with Gasteiger partial charge in [-0.05, 0) is 104 Å². The minimum absolute atomic E-state index is 0.0153. The molecule has 0 amide bonds. The van der Waals surface area contributed by atoms with Crippen LogP contribution in [0.4, 0.5) is 26.3 Å². The standard InChI is InChI=1S/C42H30F6N2/c1-23-11-7-17-30-36(23)37-24(2)12-8-18-31(37)49(30)34-21-27(28-15-5-6-16-29(28)41(43,44)45)22-35(40(34)42(46,47)48)50-32-19-9-13-25(3)38(32)39-26(4)14-10-20-33(39)50/h5-22H,1-4H3. The Morgan fingerprint density at radius 2 is 0.780 bits per heavy atom. The predicted octanol–water partition coefficient (Wildman–Crippen LogP) is 12.8. The maximum Gasteiger partial charge on any atom is 0.420 e. The number of aromatic nitrogens is 2. The van der Waals surface area contributed by atoms with Crippen molar-refractivity contribution in [2.24, 2.45) is 0 Å². The Balaban J connectivity index is 1.65. The Morgan fingerprint density at radius 3 is 1.12 bits per heavy atom. The van der Waals surface area contributed by atoms with Crippen LogP contribution in [0.5, 0.6) is 0 Å². The topological polar surface area (TPSA) is 9.86 Å². The molecule has 8 heteroatoms. The zero-order valence-corrected chi connectivity index (χ0v) is 27.6. The van der Waals surface area contributed by atoms with E-state index in [4.69, 9.17) is 0 Å². The van der Waals surface area contributed by atoms with Gasteiger partial charge in [-0.25, -0.2) is 0 Å². The number of benzene rings is 6. The van der Waals surface area contributed by atoms with Gasteiger partial charge in [-0.3, -0.25) is 0 Å². The van der Waals surface area contributed by atoms with Gasteiger partial charge in [-0.1, -0.05) is 66.7 Å². The summed E-state index contributed by atoms with van der Waals surface area (Å²) in [7, 11) is 0. The Labute approximate surface area is 283 Å². The normalized spacial score (nSPS) is 12.6. The summed E-state index contributed by atoms with van der Waals surface area (Å²) in [5.74, 6) is 0. The lowest BCUT2D eigenvalue weighted by Crippen LogP contribution is -2.16. The highest BCUT2D eigenvalue weighted by atomic mass is 19.4. The minimum Gasteiger partial charge on any atom is -0.309 e. The summed E-state index contributed by atoms with van der Waals surface area (Å²) in [6.07, 6.45) is -9.67. The van der Waals surface area contributed by atoms with Gasteiger partial charge >= 0.3 is 12.4 Å². The summed E-state index contributed by atoms with van der Waals surface area (Å²) < 4.78 is 94.9. The average molecular weight is 677 g/mol. The fourth-order valence-corrected chi connectivity index (χ4v) is 7.83. The van der Waals surface area contributed by atoms with Crippen molar-refractivity contribution in [1.82, 2.24) is 9.13 Å². The van der Waals surface area contributed by atoms with Crippen molar-refractivity contribution in [3.63, 3.8) is 0 Å². The predicted molar refractivity (Wildman–Crippen MR) is 190 cm³/mol. The molecule has 50 heavy (non-hydrogen) atoms. The van der Waals surface area contributed by atoms with E-state index >= 15 is 13.2 Å². The zero-order chi connectivity index (χ0) is 35.3. The molecule has 0 spiro atoms. The molecule has 250 valence electrons. The van der Waals surface area contributed by atoms with Crippen molar-refractivity contribution in [1.29, 1.82) is 0 Å². The van der Waals surface area contributed by atoms with Gasteiger partial charge in [0.1, 0.15) is 5.56 Å². The van der Waals surface area contributed by atoms with Crippen LogP contribution in [0, 0.1) is 27.7 Å². The molecular formula is C42H30F6N2. The van der Waals surface area contributed by atoms with Gasteiger partial charge in [0.15, 0.2) is 0 Å². The molecule has 8 rings (SSSR count). The first-order chi connectivity index (χ1) is 23.8.